The first kappa shape index (κ1) is 15.0. The Labute approximate surface area is 122 Å². The van der Waals surface area contributed by atoms with Gasteiger partial charge in [-0.05, 0) is 25.7 Å². The lowest BCUT2D eigenvalue weighted by molar-refractivity contribution is -0.139. The maximum Gasteiger partial charge on any atom is 0.317 e. The molecule has 0 bridgehead atoms. The summed E-state index contributed by atoms with van der Waals surface area (Å²) >= 11 is 0. The number of carbonyl (C=O) groups is 1. The number of alkyl halides is 2. The van der Waals surface area contributed by atoms with Crippen LogP contribution in [0.5, 0.6) is 0 Å². The molecule has 3 aliphatic heterocycles. The van der Waals surface area contributed by atoms with Crippen molar-refractivity contribution >= 4 is 6.03 Å². The lowest BCUT2D eigenvalue weighted by Crippen LogP contribution is -2.53. The molecule has 3 saturated heterocycles. The molecular formula is C14H22F2N2O3. The number of hydrogen-bond donors (Lipinski definition) is 1. The van der Waals surface area contributed by atoms with Crippen LogP contribution >= 0.6 is 0 Å². The van der Waals surface area contributed by atoms with Gasteiger partial charge < -0.3 is 19.7 Å². The summed E-state index contributed by atoms with van der Waals surface area (Å²) in [4.78, 5) is 13.3. The van der Waals surface area contributed by atoms with Crippen LogP contribution in [0.1, 0.15) is 32.1 Å². The van der Waals surface area contributed by atoms with Crippen molar-refractivity contribution in [3.05, 3.63) is 0 Å². The van der Waals surface area contributed by atoms with Crippen molar-refractivity contribution in [3.63, 3.8) is 0 Å². The van der Waals surface area contributed by atoms with E-state index >= 15 is 0 Å². The van der Waals surface area contributed by atoms with Gasteiger partial charge in [-0.3, -0.25) is 0 Å². The number of rotatable bonds is 1. The van der Waals surface area contributed by atoms with Crippen molar-refractivity contribution in [1.82, 2.24) is 10.2 Å². The number of nitrogens with one attached hydrogen (secondary N) is 1. The number of hydrogen-bond acceptors (Lipinski definition) is 3. The van der Waals surface area contributed by atoms with Gasteiger partial charge in [-0.15, -0.1) is 0 Å². The van der Waals surface area contributed by atoms with Crippen LogP contribution in [0.15, 0.2) is 0 Å². The maximum absolute atomic E-state index is 13.2. The van der Waals surface area contributed by atoms with Gasteiger partial charge in [0.2, 0.25) is 0 Å². The third-order valence-corrected chi connectivity index (χ3v) is 4.68. The fraction of sp³-hybridized carbons (Fsp3) is 0.929. The van der Waals surface area contributed by atoms with E-state index < -0.39 is 12.5 Å². The van der Waals surface area contributed by atoms with E-state index in [0.717, 1.165) is 25.7 Å². The Bertz CT molecular complexity index is 394. The fourth-order valence-corrected chi connectivity index (χ4v) is 3.42. The van der Waals surface area contributed by atoms with E-state index in [1.54, 1.807) is 0 Å². The first-order valence-corrected chi connectivity index (χ1v) is 7.63. The number of carbonyl (C=O) groups excluding carboxylic acids is 1. The second-order valence-corrected chi connectivity index (χ2v) is 6.31. The van der Waals surface area contributed by atoms with E-state index in [2.05, 4.69) is 5.32 Å². The molecule has 7 heteroatoms. The summed E-state index contributed by atoms with van der Waals surface area (Å²) in [5.74, 6) is -2.74. The monoisotopic (exact) mass is 304 g/mol. The Hall–Kier alpha value is -0.950. The summed E-state index contributed by atoms with van der Waals surface area (Å²) in [6.45, 7) is 1.61. The Morgan fingerprint density at radius 2 is 1.95 bits per heavy atom. The largest absolute Gasteiger partial charge is 0.381 e. The minimum atomic E-state index is -2.74. The Balaban J connectivity index is 1.54. The summed E-state index contributed by atoms with van der Waals surface area (Å²) in [7, 11) is 0. The van der Waals surface area contributed by atoms with Crippen LogP contribution in [0.2, 0.25) is 0 Å². The SMILES string of the molecule is O=C(NC1CCOC2(CCOCC2)C1)N1CCC(F)(F)C1. The predicted molar refractivity (Wildman–Crippen MR) is 71.4 cm³/mol. The number of ether oxygens (including phenoxy) is 2. The zero-order chi connectivity index (χ0) is 14.9. The number of nitrogens with zero attached hydrogens (tertiary/aromatic N) is 1. The third-order valence-electron chi connectivity index (χ3n) is 4.68. The molecule has 2 amide bonds. The molecule has 0 aromatic rings. The highest BCUT2D eigenvalue weighted by atomic mass is 19.3. The molecule has 0 aliphatic carbocycles. The molecule has 120 valence electrons. The van der Waals surface area contributed by atoms with E-state index in [4.69, 9.17) is 9.47 Å². The zero-order valence-corrected chi connectivity index (χ0v) is 12.1. The highest BCUT2D eigenvalue weighted by Crippen LogP contribution is 2.34. The summed E-state index contributed by atoms with van der Waals surface area (Å²) in [5.41, 5.74) is -0.205. The normalized spacial score (nSPS) is 31.3. The van der Waals surface area contributed by atoms with E-state index in [-0.39, 0.29) is 30.6 Å². The number of halogens is 2. The average Bonchev–Trinajstić information content (AvgIpc) is 2.80. The molecule has 1 atom stereocenters. The van der Waals surface area contributed by atoms with Crippen LogP contribution in [-0.2, 0) is 9.47 Å². The minimum absolute atomic E-state index is 0.00132. The van der Waals surface area contributed by atoms with Gasteiger partial charge in [-0.25, -0.2) is 13.6 Å². The van der Waals surface area contributed by atoms with Gasteiger partial charge >= 0.3 is 6.03 Å². The molecule has 1 unspecified atom stereocenters. The second kappa shape index (κ2) is 5.68. The van der Waals surface area contributed by atoms with E-state index in [0.29, 0.717) is 19.8 Å². The maximum atomic E-state index is 13.2. The Morgan fingerprint density at radius 3 is 2.62 bits per heavy atom. The quantitative estimate of drug-likeness (QED) is 0.803. The van der Waals surface area contributed by atoms with Crippen LogP contribution in [0.3, 0.4) is 0 Å². The molecule has 1 spiro atoms. The molecular weight excluding hydrogens is 282 g/mol. The van der Waals surface area contributed by atoms with Crippen molar-refractivity contribution < 1.29 is 23.0 Å². The second-order valence-electron chi connectivity index (χ2n) is 6.31. The van der Waals surface area contributed by atoms with Gasteiger partial charge in [0.05, 0.1) is 12.1 Å². The molecule has 3 aliphatic rings. The van der Waals surface area contributed by atoms with Crippen LogP contribution in [0.4, 0.5) is 13.6 Å². The molecule has 0 saturated carbocycles. The summed E-state index contributed by atoms with van der Waals surface area (Å²) in [5, 5.41) is 2.90. The third kappa shape index (κ3) is 3.45. The molecule has 5 nitrogen and oxygen atoms in total. The van der Waals surface area contributed by atoms with E-state index in [1.807, 2.05) is 0 Å². The van der Waals surface area contributed by atoms with Crippen molar-refractivity contribution in [1.29, 1.82) is 0 Å². The van der Waals surface area contributed by atoms with Gasteiger partial charge in [0, 0.05) is 38.8 Å². The summed E-state index contributed by atoms with van der Waals surface area (Å²) in [6.07, 6.45) is 2.91. The predicted octanol–water partition coefficient (Wildman–Crippen LogP) is 1.77. The van der Waals surface area contributed by atoms with Crippen molar-refractivity contribution in [2.45, 2.75) is 49.7 Å². The van der Waals surface area contributed by atoms with E-state index in [9.17, 15) is 13.6 Å². The van der Waals surface area contributed by atoms with Gasteiger partial charge in [0.15, 0.2) is 0 Å². The first-order valence-electron chi connectivity index (χ1n) is 7.63. The Kier molecular flexibility index (Phi) is 4.05. The Morgan fingerprint density at radius 1 is 1.19 bits per heavy atom. The molecule has 3 heterocycles. The van der Waals surface area contributed by atoms with Crippen LogP contribution in [0.25, 0.3) is 0 Å². The van der Waals surface area contributed by atoms with E-state index in [1.165, 1.54) is 4.90 Å². The van der Waals surface area contributed by atoms with Crippen molar-refractivity contribution in [3.8, 4) is 0 Å². The molecule has 3 rings (SSSR count). The zero-order valence-electron chi connectivity index (χ0n) is 12.1. The summed E-state index contributed by atoms with van der Waals surface area (Å²) < 4.78 is 37.6. The van der Waals surface area contributed by atoms with Gasteiger partial charge in [0.25, 0.3) is 5.92 Å². The van der Waals surface area contributed by atoms with Gasteiger partial charge in [-0.2, -0.15) is 0 Å². The topological polar surface area (TPSA) is 50.8 Å². The molecule has 3 fully saturated rings. The number of amides is 2. The van der Waals surface area contributed by atoms with Crippen LogP contribution in [-0.4, -0.2) is 61.4 Å². The molecule has 21 heavy (non-hydrogen) atoms. The average molecular weight is 304 g/mol. The smallest absolute Gasteiger partial charge is 0.317 e. The highest BCUT2D eigenvalue weighted by molar-refractivity contribution is 5.75. The summed E-state index contributed by atoms with van der Waals surface area (Å²) in [6, 6.07) is -0.375. The molecule has 1 N–H and O–H groups in total. The van der Waals surface area contributed by atoms with Gasteiger partial charge in [-0.1, -0.05) is 0 Å². The molecule has 0 aromatic carbocycles. The number of likely N-dealkylation sites (tertiary alicyclic amines) is 1. The lowest BCUT2D eigenvalue weighted by Gasteiger charge is -2.43. The molecule has 0 aromatic heterocycles. The highest BCUT2D eigenvalue weighted by Gasteiger charge is 2.42. The van der Waals surface area contributed by atoms with Crippen LogP contribution < -0.4 is 5.32 Å². The fourth-order valence-electron chi connectivity index (χ4n) is 3.42. The lowest BCUT2D eigenvalue weighted by atomic mass is 9.84. The van der Waals surface area contributed by atoms with Crippen LogP contribution in [0, 0.1) is 0 Å². The van der Waals surface area contributed by atoms with Crippen molar-refractivity contribution in [2.24, 2.45) is 0 Å². The van der Waals surface area contributed by atoms with Gasteiger partial charge in [0.1, 0.15) is 0 Å². The minimum Gasteiger partial charge on any atom is -0.381 e. The standard InChI is InChI=1S/C14H22F2N2O3/c15-14(16)2-5-18(10-14)12(19)17-11-1-6-21-13(9-11)3-7-20-8-4-13/h11H,1-10H2,(H,17,19). The van der Waals surface area contributed by atoms with Crippen molar-refractivity contribution in [2.75, 3.05) is 32.9 Å². The molecule has 0 radical (unpaired) electrons. The first-order chi connectivity index (χ1) is 9.98. The number of urea groups is 1.